The number of nitrogens with one attached hydrogen (secondary N) is 1. The van der Waals surface area contributed by atoms with Crippen LogP contribution in [0.15, 0.2) is 24.3 Å². The van der Waals surface area contributed by atoms with Gasteiger partial charge in [-0.1, -0.05) is 11.6 Å². The zero-order chi connectivity index (χ0) is 18.4. The summed E-state index contributed by atoms with van der Waals surface area (Å²) in [6.07, 6.45) is 0.421. The summed E-state index contributed by atoms with van der Waals surface area (Å²) < 4.78 is 5.25. The largest absolute Gasteiger partial charge is 0.449 e. The zero-order valence-corrected chi connectivity index (χ0v) is 16.5. The van der Waals surface area contributed by atoms with Gasteiger partial charge in [0.05, 0.1) is 6.61 Å². The lowest BCUT2D eigenvalue weighted by Crippen LogP contribution is -2.58. The van der Waals surface area contributed by atoms with Gasteiger partial charge in [-0.3, -0.25) is 10.2 Å². The van der Waals surface area contributed by atoms with Crippen LogP contribution < -0.4 is 5.32 Å². The maximum Gasteiger partial charge on any atom is 0.411 e. The van der Waals surface area contributed by atoms with Crippen LogP contribution in [0.5, 0.6) is 0 Å². The first-order valence-electron chi connectivity index (χ1n) is 8.94. The fraction of sp³-hybridized carbons (Fsp3) is 0.632. The first kappa shape index (κ1) is 20.0. The van der Waals surface area contributed by atoms with Crippen molar-refractivity contribution in [3.8, 4) is 0 Å². The highest BCUT2D eigenvalue weighted by Crippen LogP contribution is 2.20. The molecule has 0 aliphatic carbocycles. The van der Waals surface area contributed by atoms with E-state index < -0.39 is 6.09 Å². The number of ether oxygens (including phenoxy) is 1. The van der Waals surface area contributed by atoms with E-state index in [4.69, 9.17) is 16.3 Å². The molecule has 6 heteroatoms. The van der Waals surface area contributed by atoms with Crippen molar-refractivity contribution in [2.45, 2.75) is 45.7 Å². The monoisotopic (exact) mass is 367 g/mol. The van der Waals surface area contributed by atoms with Crippen LogP contribution in [0.2, 0.25) is 5.02 Å². The molecule has 2 rings (SSSR count). The Morgan fingerprint density at radius 1 is 1.28 bits per heavy atom. The third-order valence-corrected chi connectivity index (χ3v) is 4.77. The molecule has 1 fully saturated rings. The molecule has 1 aliphatic rings. The van der Waals surface area contributed by atoms with Gasteiger partial charge in [-0.2, -0.15) is 0 Å². The van der Waals surface area contributed by atoms with Gasteiger partial charge in [0.25, 0.3) is 0 Å². The number of rotatable bonds is 5. The van der Waals surface area contributed by atoms with Crippen LogP contribution in [0.4, 0.5) is 10.5 Å². The quantitative estimate of drug-likeness (QED) is 0.796. The molecule has 1 heterocycles. The van der Waals surface area contributed by atoms with Crippen LogP contribution in [0.3, 0.4) is 0 Å². The molecule has 1 aromatic rings. The Kier molecular flexibility index (Phi) is 7.11. The number of hydrogen-bond acceptors (Lipinski definition) is 4. The standard InChI is InChI=1S/C19H30ClN3O2/c1-15-14-22(11-12-23(15)19(2,3)4)10-5-13-25-18(24)21-17-8-6-16(20)7-9-17/h6-9,15H,5,10-14H2,1-4H3,(H,21,24)/t15-/m0/s1. The van der Waals surface area contributed by atoms with Crippen LogP contribution in [0.25, 0.3) is 0 Å². The molecular weight excluding hydrogens is 338 g/mol. The SMILES string of the molecule is C[C@H]1CN(CCCOC(=O)Nc2ccc(Cl)cc2)CCN1C(C)(C)C. The molecule has 0 aromatic heterocycles. The van der Waals surface area contributed by atoms with Crippen molar-refractivity contribution in [2.75, 3.05) is 38.1 Å². The lowest BCUT2D eigenvalue weighted by Gasteiger charge is -2.46. The van der Waals surface area contributed by atoms with Gasteiger partial charge in [-0.05, 0) is 58.4 Å². The fourth-order valence-electron chi connectivity index (χ4n) is 3.37. The highest BCUT2D eigenvalue weighted by atomic mass is 35.5. The third kappa shape index (κ3) is 6.49. The van der Waals surface area contributed by atoms with Crippen LogP contribution >= 0.6 is 11.6 Å². The molecule has 0 spiro atoms. The van der Waals surface area contributed by atoms with Gasteiger partial charge >= 0.3 is 6.09 Å². The van der Waals surface area contributed by atoms with Gasteiger partial charge in [-0.25, -0.2) is 4.79 Å². The minimum absolute atomic E-state index is 0.217. The molecule has 1 aliphatic heterocycles. The Balaban J connectivity index is 1.63. The summed E-state index contributed by atoms with van der Waals surface area (Å²) in [5, 5.41) is 3.34. The Morgan fingerprint density at radius 2 is 1.96 bits per heavy atom. The van der Waals surface area contributed by atoms with E-state index in [0.29, 0.717) is 23.4 Å². The molecule has 1 aromatic carbocycles. The van der Waals surface area contributed by atoms with Crippen LogP contribution in [0.1, 0.15) is 34.1 Å². The van der Waals surface area contributed by atoms with Gasteiger partial charge in [0, 0.05) is 48.5 Å². The van der Waals surface area contributed by atoms with Gasteiger partial charge in [0.1, 0.15) is 0 Å². The average molecular weight is 368 g/mol. The Morgan fingerprint density at radius 3 is 2.56 bits per heavy atom. The van der Waals surface area contributed by atoms with Gasteiger partial charge < -0.3 is 9.64 Å². The molecule has 25 heavy (non-hydrogen) atoms. The van der Waals surface area contributed by atoms with Gasteiger partial charge in [-0.15, -0.1) is 0 Å². The highest BCUT2D eigenvalue weighted by Gasteiger charge is 2.30. The van der Waals surface area contributed by atoms with E-state index in [2.05, 4.69) is 42.8 Å². The van der Waals surface area contributed by atoms with Gasteiger partial charge in [0.2, 0.25) is 0 Å². The summed E-state index contributed by atoms with van der Waals surface area (Å²) in [5.74, 6) is 0. The Hall–Kier alpha value is -1.30. The molecule has 5 nitrogen and oxygen atoms in total. The first-order chi connectivity index (χ1) is 11.8. The molecule has 1 N–H and O–H groups in total. The van der Waals surface area contributed by atoms with Crippen molar-refractivity contribution >= 4 is 23.4 Å². The zero-order valence-electron chi connectivity index (χ0n) is 15.7. The Labute approximate surface area is 156 Å². The number of anilines is 1. The Bertz CT molecular complexity index is 557. The maximum atomic E-state index is 11.8. The highest BCUT2D eigenvalue weighted by molar-refractivity contribution is 6.30. The normalized spacial score (nSPS) is 19.6. The van der Waals surface area contributed by atoms with Crippen molar-refractivity contribution < 1.29 is 9.53 Å². The summed E-state index contributed by atoms with van der Waals surface area (Å²) in [4.78, 5) is 16.8. The van der Waals surface area contributed by atoms with E-state index in [0.717, 1.165) is 32.6 Å². The molecule has 1 atom stereocenters. The number of nitrogens with zero attached hydrogens (tertiary/aromatic N) is 2. The second-order valence-corrected chi connectivity index (χ2v) is 8.07. The number of carbonyl (C=O) groups is 1. The molecule has 0 unspecified atom stereocenters. The van der Waals surface area contributed by atoms with E-state index in [9.17, 15) is 4.79 Å². The fourth-order valence-corrected chi connectivity index (χ4v) is 3.50. The molecule has 1 amide bonds. The predicted molar refractivity (Wildman–Crippen MR) is 103 cm³/mol. The molecular formula is C19H30ClN3O2. The minimum Gasteiger partial charge on any atom is -0.449 e. The molecule has 1 saturated heterocycles. The summed E-state index contributed by atoms with van der Waals surface area (Å²) in [7, 11) is 0. The van der Waals surface area contributed by atoms with E-state index in [1.165, 1.54) is 0 Å². The second kappa shape index (κ2) is 8.88. The minimum atomic E-state index is -0.423. The second-order valence-electron chi connectivity index (χ2n) is 7.64. The summed E-state index contributed by atoms with van der Waals surface area (Å²) in [6.45, 7) is 13.7. The topological polar surface area (TPSA) is 44.8 Å². The van der Waals surface area contributed by atoms with E-state index >= 15 is 0 Å². The first-order valence-corrected chi connectivity index (χ1v) is 9.32. The number of benzene rings is 1. The van der Waals surface area contributed by atoms with Crippen molar-refractivity contribution in [1.82, 2.24) is 9.80 Å². The van der Waals surface area contributed by atoms with Crippen molar-refractivity contribution in [3.05, 3.63) is 29.3 Å². The van der Waals surface area contributed by atoms with Crippen molar-refractivity contribution in [2.24, 2.45) is 0 Å². The molecule has 0 bridgehead atoms. The summed E-state index contributed by atoms with van der Waals surface area (Å²) in [6, 6.07) is 7.51. The molecule has 0 saturated carbocycles. The van der Waals surface area contributed by atoms with E-state index in [1.807, 2.05) is 0 Å². The summed E-state index contributed by atoms with van der Waals surface area (Å²) >= 11 is 5.82. The summed E-state index contributed by atoms with van der Waals surface area (Å²) in [5.41, 5.74) is 0.899. The smallest absolute Gasteiger partial charge is 0.411 e. The van der Waals surface area contributed by atoms with E-state index in [1.54, 1.807) is 24.3 Å². The number of amides is 1. The van der Waals surface area contributed by atoms with E-state index in [-0.39, 0.29) is 5.54 Å². The van der Waals surface area contributed by atoms with Crippen molar-refractivity contribution in [1.29, 1.82) is 0 Å². The molecule has 140 valence electrons. The number of carbonyl (C=O) groups excluding carboxylic acids is 1. The molecule has 0 radical (unpaired) electrons. The maximum absolute atomic E-state index is 11.8. The van der Waals surface area contributed by atoms with Crippen molar-refractivity contribution in [3.63, 3.8) is 0 Å². The third-order valence-electron chi connectivity index (χ3n) is 4.52. The van der Waals surface area contributed by atoms with Crippen LogP contribution in [-0.2, 0) is 4.74 Å². The lowest BCUT2D eigenvalue weighted by molar-refractivity contribution is 0.0160. The predicted octanol–water partition coefficient (Wildman–Crippen LogP) is 4.08. The average Bonchev–Trinajstić information content (AvgIpc) is 2.52. The van der Waals surface area contributed by atoms with Gasteiger partial charge in [0.15, 0.2) is 0 Å². The number of piperazine rings is 1. The van der Waals surface area contributed by atoms with Crippen LogP contribution in [0, 0.1) is 0 Å². The number of halogens is 1. The lowest BCUT2D eigenvalue weighted by atomic mass is 10.0. The number of hydrogen-bond donors (Lipinski definition) is 1. The van der Waals surface area contributed by atoms with Crippen LogP contribution in [-0.4, -0.2) is 60.3 Å².